The molecule has 0 radical (unpaired) electrons. The smallest absolute Gasteiger partial charge is 0.253 e. The maximum absolute atomic E-state index is 13.1. The Hall–Kier alpha value is -1.97. The fourth-order valence-corrected chi connectivity index (χ4v) is 6.90. The Morgan fingerprint density at radius 3 is 1.94 bits per heavy atom. The number of benzene rings is 1. The fourth-order valence-electron chi connectivity index (χ4n) is 5.31. The van der Waals surface area contributed by atoms with Gasteiger partial charge < -0.3 is 14.5 Å². The van der Waals surface area contributed by atoms with Gasteiger partial charge in [0.05, 0.1) is 17.1 Å². The summed E-state index contributed by atoms with van der Waals surface area (Å²) in [5, 5.41) is 0. The van der Waals surface area contributed by atoms with Crippen molar-refractivity contribution in [3.63, 3.8) is 0 Å². The van der Waals surface area contributed by atoms with Gasteiger partial charge in [0.2, 0.25) is 15.9 Å². The highest BCUT2D eigenvalue weighted by Gasteiger charge is 2.33. The molecule has 2 unspecified atom stereocenters. The second-order valence-electron chi connectivity index (χ2n) is 9.91. The SMILES string of the molecule is CC1CN(S(=O)(=O)c2ccc(C(=O)N3CCC(C(=O)N4CCCCCC4)CC3)cc2)CC(C)O1. The van der Waals surface area contributed by atoms with Crippen LogP contribution in [0.15, 0.2) is 29.2 Å². The standard InChI is InChI=1S/C25H37N3O5S/c1-19-17-28(18-20(2)33-19)34(31,32)23-9-7-21(8-10-23)24(29)27-15-11-22(12-16-27)25(30)26-13-5-3-4-6-14-26/h7-10,19-20,22H,3-6,11-18H2,1-2H3. The van der Waals surface area contributed by atoms with Crippen LogP contribution in [0.3, 0.4) is 0 Å². The second kappa shape index (κ2) is 10.7. The lowest BCUT2D eigenvalue weighted by Gasteiger charge is -2.34. The predicted molar refractivity (Wildman–Crippen MR) is 129 cm³/mol. The number of hydrogen-bond acceptors (Lipinski definition) is 5. The van der Waals surface area contributed by atoms with Gasteiger partial charge in [0.15, 0.2) is 0 Å². The Morgan fingerprint density at radius 2 is 1.38 bits per heavy atom. The first-order chi connectivity index (χ1) is 16.3. The van der Waals surface area contributed by atoms with Crippen LogP contribution in [0.4, 0.5) is 0 Å². The van der Waals surface area contributed by atoms with E-state index in [9.17, 15) is 18.0 Å². The number of morpholine rings is 1. The molecule has 3 heterocycles. The molecule has 0 spiro atoms. The second-order valence-corrected chi connectivity index (χ2v) is 11.8. The van der Waals surface area contributed by atoms with Crippen LogP contribution < -0.4 is 0 Å². The van der Waals surface area contributed by atoms with Crippen LogP contribution in [-0.4, -0.2) is 85.8 Å². The molecule has 1 aromatic carbocycles. The Bertz CT molecular complexity index is 955. The van der Waals surface area contributed by atoms with E-state index in [1.54, 1.807) is 17.0 Å². The summed E-state index contributed by atoms with van der Waals surface area (Å²) >= 11 is 0. The van der Waals surface area contributed by atoms with Gasteiger partial charge in [-0.25, -0.2) is 8.42 Å². The number of carbonyl (C=O) groups is 2. The van der Waals surface area contributed by atoms with Crippen molar-refractivity contribution in [3.05, 3.63) is 29.8 Å². The lowest BCUT2D eigenvalue weighted by molar-refractivity contribution is -0.136. The molecular weight excluding hydrogens is 454 g/mol. The topological polar surface area (TPSA) is 87.2 Å². The molecule has 34 heavy (non-hydrogen) atoms. The number of sulfonamides is 1. The maximum atomic E-state index is 13.1. The largest absolute Gasteiger partial charge is 0.373 e. The Balaban J connectivity index is 1.34. The summed E-state index contributed by atoms with van der Waals surface area (Å²) in [4.78, 5) is 29.9. The third-order valence-electron chi connectivity index (χ3n) is 7.17. The zero-order chi connectivity index (χ0) is 24.3. The van der Waals surface area contributed by atoms with Crippen LogP contribution in [-0.2, 0) is 19.6 Å². The fraction of sp³-hybridized carbons (Fsp3) is 0.680. The number of amides is 2. The van der Waals surface area contributed by atoms with E-state index in [0.29, 0.717) is 44.6 Å². The van der Waals surface area contributed by atoms with Gasteiger partial charge in [0, 0.05) is 50.7 Å². The minimum atomic E-state index is -3.64. The van der Waals surface area contributed by atoms with E-state index >= 15 is 0 Å². The number of rotatable bonds is 4. The number of nitrogens with zero attached hydrogens (tertiary/aromatic N) is 3. The maximum Gasteiger partial charge on any atom is 0.253 e. The molecule has 0 aliphatic carbocycles. The van der Waals surface area contributed by atoms with Crippen LogP contribution >= 0.6 is 0 Å². The van der Waals surface area contributed by atoms with E-state index in [2.05, 4.69) is 0 Å². The van der Waals surface area contributed by atoms with E-state index in [1.165, 1.54) is 29.3 Å². The molecule has 188 valence electrons. The van der Waals surface area contributed by atoms with Crippen molar-refractivity contribution in [2.24, 2.45) is 5.92 Å². The summed E-state index contributed by atoms with van der Waals surface area (Å²) in [5.41, 5.74) is 0.472. The molecule has 0 aromatic heterocycles. The van der Waals surface area contributed by atoms with Crippen molar-refractivity contribution in [2.75, 3.05) is 39.3 Å². The monoisotopic (exact) mass is 491 g/mol. The average molecular weight is 492 g/mol. The zero-order valence-electron chi connectivity index (χ0n) is 20.3. The molecule has 2 amide bonds. The van der Waals surface area contributed by atoms with Crippen molar-refractivity contribution < 1.29 is 22.7 Å². The van der Waals surface area contributed by atoms with Gasteiger partial charge in [-0.1, -0.05) is 12.8 Å². The summed E-state index contributed by atoms with van der Waals surface area (Å²) in [6.07, 6.45) is 5.60. The normalized spacial score (nSPS) is 25.7. The molecule has 3 saturated heterocycles. The first-order valence-electron chi connectivity index (χ1n) is 12.6. The van der Waals surface area contributed by atoms with Crippen LogP contribution in [0.2, 0.25) is 0 Å². The molecular formula is C25H37N3O5S. The van der Waals surface area contributed by atoms with Crippen LogP contribution in [0.5, 0.6) is 0 Å². The van der Waals surface area contributed by atoms with E-state index in [-0.39, 0.29) is 34.8 Å². The Labute approximate surface area is 203 Å². The summed E-state index contributed by atoms with van der Waals surface area (Å²) in [6.45, 7) is 7.18. The van der Waals surface area contributed by atoms with Crippen LogP contribution in [0, 0.1) is 5.92 Å². The van der Waals surface area contributed by atoms with E-state index in [4.69, 9.17) is 4.74 Å². The first kappa shape index (κ1) is 25.1. The van der Waals surface area contributed by atoms with E-state index in [0.717, 1.165) is 25.9 Å². The third kappa shape index (κ3) is 5.63. The number of piperidine rings is 1. The molecule has 8 nitrogen and oxygen atoms in total. The molecule has 3 aliphatic heterocycles. The van der Waals surface area contributed by atoms with Crippen molar-refractivity contribution in [3.8, 4) is 0 Å². The summed E-state index contributed by atoms with van der Waals surface area (Å²) in [5.74, 6) is 0.126. The Morgan fingerprint density at radius 1 is 0.824 bits per heavy atom. The molecule has 3 aliphatic rings. The molecule has 1 aromatic rings. The molecule has 2 atom stereocenters. The highest BCUT2D eigenvalue weighted by Crippen LogP contribution is 2.25. The molecule has 9 heteroatoms. The van der Waals surface area contributed by atoms with Gasteiger partial charge in [-0.05, 0) is 63.8 Å². The van der Waals surface area contributed by atoms with Gasteiger partial charge >= 0.3 is 0 Å². The quantitative estimate of drug-likeness (QED) is 0.646. The lowest BCUT2D eigenvalue weighted by atomic mass is 9.94. The van der Waals surface area contributed by atoms with Gasteiger partial charge in [0.25, 0.3) is 5.91 Å². The Kier molecular flexibility index (Phi) is 7.94. The van der Waals surface area contributed by atoms with E-state index < -0.39 is 10.0 Å². The third-order valence-corrected chi connectivity index (χ3v) is 9.02. The summed E-state index contributed by atoms with van der Waals surface area (Å²) in [7, 11) is -3.64. The molecule has 4 rings (SSSR count). The molecule has 3 fully saturated rings. The lowest BCUT2D eigenvalue weighted by Crippen LogP contribution is -2.48. The van der Waals surface area contributed by atoms with Gasteiger partial charge in [-0.2, -0.15) is 4.31 Å². The van der Waals surface area contributed by atoms with E-state index in [1.807, 2.05) is 18.7 Å². The predicted octanol–water partition coefficient (Wildman–Crippen LogP) is 2.74. The van der Waals surface area contributed by atoms with Crippen LogP contribution in [0.25, 0.3) is 0 Å². The van der Waals surface area contributed by atoms with Crippen molar-refractivity contribution in [1.82, 2.24) is 14.1 Å². The summed E-state index contributed by atoms with van der Waals surface area (Å²) in [6, 6.07) is 6.22. The van der Waals surface area contributed by atoms with Gasteiger partial charge in [0.1, 0.15) is 0 Å². The van der Waals surface area contributed by atoms with Crippen molar-refractivity contribution >= 4 is 21.8 Å². The minimum absolute atomic E-state index is 0.00650. The van der Waals surface area contributed by atoms with Gasteiger partial charge in [-0.15, -0.1) is 0 Å². The molecule has 0 bridgehead atoms. The number of carbonyl (C=O) groups excluding carboxylic acids is 2. The average Bonchev–Trinajstić information content (AvgIpc) is 3.12. The van der Waals surface area contributed by atoms with Crippen LogP contribution in [0.1, 0.15) is 62.7 Å². The minimum Gasteiger partial charge on any atom is -0.373 e. The van der Waals surface area contributed by atoms with Gasteiger partial charge in [-0.3, -0.25) is 9.59 Å². The highest BCUT2D eigenvalue weighted by molar-refractivity contribution is 7.89. The molecule has 0 saturated carbocycles. The number of hydrogen-bond donors (Lipinski definition) is 0. The van der Waals surface area contributed by atoms with Crippen molar-refractivity contribution in [1.29, 1.82) is 0 Å². The number of likely N-dealkylation sites (tertiary alicyclic amines) is 2. The highest BCUT2D eigenvalue weighted by atomic mass is 32.2. The zero-order valence-corrected chi connectivity index (χ0v) is 21.1. The summed E-state index contributed by atoms with van der Waals surface area (Å²) < 4.78 is 33.2. The molecule has 0 N–H and O–H groups in total. The van der Waals surface area contributed by atoms with Crippen molar-refractivity contribution in [2.45, 2.75) is 69.5 Å². The number of ether oxygens (including phenoxy) is 1. The first-order valence-corrected chi connectivity index (χ1v) is 14.0.